The first-order valence-corrected chi connectivity index (χ1v) is 11.6. The molecular weight excluding hydrogens is 464 g/mol. The van der Waals surface area contributed by atoms with Crippen LogP contribution in [-0.4, -0.2) is 25.2 Å². The molecule has 186 valence electrons. The molecule has 2 aromatic heterocycles. The number of benzene rings is 1. The number of alkyl halides is 2. The van der Waals surface area contributed by atoms with E-state index in [0.29, 0.717) is 11.8 Å². The van der Waals surface area contributed by atoms with Gasteiger partial charge < -0.3 is 15.0 Å². The van der Waals surface area contributed by atoms with Gasteiger partial charge in [0.15, 0.2) is 0 Å². The predicted molar refractivity (Wildman–Crippen MR) is 122 cm³/mol. The number of nitrogens with zero attached hydrogens (tertiary/aromatic N) is 3. The number of anilines is 1. The molecule has 6 nitrogen and oxygen atoms in total. The third-order valence-electron chi connectivity index (χ3n) is 7.34. The van der Waals surface area contributed by atoms with Crippen molar-refractivity contribution in [1.29, 1.82) is 0 Å². The highest BCUT2D eigenvalue weighted by Gasteiger charge is 2.49. The van der Waals surface area contributed by atoms with Crippen LogP contribution in [0.1, 0.15) is 56.1 Å². The minimum atomic E-state index is -3.83. The average Bonchev–Trinajstić information content (AvgIpc) is 3.36. The highest BCUT2D eigenvalue weighted by Crippen LogP contribution is 2.54. The van der Waals surface area contributed by atoms with Gasteiger partial charge in [-0.05, 0) is 57.9 Å². The second-order valence-corrected chi connectivity index (χ2v) is 10.2. The zero-order valence-electron chi connectivity index (χ0n) is 19.6. The minimum absolute atomic E-state index is 0.0822. The normalized spacial score (nSPS) is 21.9. The maximum atomic E-state index is 15.1. The lowest BCUT2D eigenvalue weighted by molar-refractivity contribution is -0.170. The molecule has 0 saturated heterocycles. The topological polar surface area (TPSA) is 80.0 Å². The van der Waals surface area contributed by atoms with Crippen molar-refractivity contribution in [3.8, 4) is 0 Å². The Kier molecular flexibility index (Phi) is 5.43. The van der Waals surface area contributed by atoms with E-state index in [0.717, 1.165) is 39.2 Å². The molecule has 35 heavy (non-hydrogen) atoms. The molecular formula is C25H26F4N4O2. The van der Waals surface area contributed by atoms with E-state index >= 15 is 8.78 Å². The molecule has 2 N–H and O–H groups in total. The summed E-state index contributed by atoms with van der Waals surface area (Å²) in [4.78, 5) is 21.2. The number of rotatable bonds is 6. The minimum Gasteiger partial charge on any atom is -0.384 e. The van der Waals surface area contributed by atoms with E-state index in [1.807, 2.05) is 0 Å². The fourth-order valence-corrected chi connectivity index (χ4v) is 5.30. The molecule has 0 unspecified atom stereocenters. The van der Waals surface area contributed by atoms with Crippen LogP contribution >= 0.6 is 0 Å². The fourth-order valence-electron chi connectivity index (χ4n) is 5.30. The van der Waals surface area contributed by atoms with Gasteiger partial charge in [-0.25, -0.2) is 14.4 Å². The van der Waals surface area contributed by atoms with Crippen molar-refractivity contribution in [1.82, 2.24) is 14.5 Å². The van der Waals surface area contributed by atoms with Crippen LogP contribution in [0.4, 0.5) is 23.4 Å². The molecule has 1 aromatic carbocycles. The first kappa shape index (κ1) is 23.7. The van der Waals surface area contributed by atoms with Crippen LogP contribution in [0.2, 0.25) is 0 Å². The van der Waals surface area contributed by atoms with Crippen molar-refractivity contribution in [2.75, 3.05) is 5.32 Å². The van der Waals surface area contributed by atoms with Crippen LogP contribution in [0.15, 0.2) is 29.2 Å². The zero-order valence-corrected chi connectivity index (χ0v) is 19.6. The Morgan fingerprint density at radius 3 is 2.49 bits per heavy atom. The maximum Gasteiger partial charge on any atom is 0.303 e. The molecule has 0 aliphatic heterocycles. The van der Waals surface area contributed by atoms with Gasteiger partial charge >= 0.3 is 5.92 Å². The molecule has 3 fully saturated rings. The van der Waals surface area contributed by atoms with Gasteiger partial charge in [0.2, 0.25) is 5.82 Å². The molecule has 3 aliphatic carbocycles. The number of aliphatic hydroxyl groups is 1. The van der Waals surface area contributed by atoms with E-state index in [1.54, 1.807) is 6.20 Å². The summed E-state index contributed by atoms with van der Waals surface area (Å²) in [6, 6.07) is 3.47. The Hall–Kier alpha value is -3.01. The smallest absolute Gasteiger partial charge is 0.303 e. The van der Waals surface area contributed by atoms with Crippen LogP contribution in [-0.2, 0) is 12.5 Å². The van der Waals surface area contributed by atoms with Crippen molar-refractivity contribution in [3.05, 3.63) is 63.3 Å². The Morgan fingerprint density at radius 1 is 1.14 bits per heavy atom. The molecule has 0 amide bonds. The summed E-state index contributed by atoms with van der Waals surface area (Å²) in [5, 5.41) is 13.0. The van der Waals surface area contributed by atoms with Gasteiger partial charge in [0.25, 0.3) is 5.56 Å². The van der Waals surface area contributed by atoms with Crippen molar-refractivity contribution >= 4 is 16.7 Å². The molecule has 3 saturated carbocycles. The second-order valence-electron chi connectivity index (χ2n) is 10.2. The van der Waals surface area contributed by atoms with Gasteiger partial charge in [0, 0.05) is 24.3 Å². The quantitative estimate of drug-likeness (QED) is 0.484. The molecule has 10 heteroatoms. The van der Waals surface area contributed by atoms with Gasteiger partial charge in [-0.15, -0.1) is 0 Å². The lowest BCUT2D eigenvalue weighted by Crippen LogP contribution is -2.41. The third kappa shape index (κ3) is 3.78. The van der Waals surface area contributed by atoms with Gasteiger partial charge in [-0.2, -0.15) is 13.2 Å². The summed E-state index contributed by atoms with van der Waals surface area (Å²) < 4.78 is 60.9. The Morgan fingerprint density at radius 2 is 1.86 bits per heavy atom. The van der Waals surface area contributed by atoms with Crippen molar-refractivity contribution in [3.63, 3.8) is 0 Å². The lowest BCUT2D eigenvalue weighted by Gasteiger charge is -2.30. The molecule has 6 rings (SSSR count). The highest BCUT2D eigenvalue weighted by atomic mass is 19.3. The second kappa shape index (κ2) is 8.01. The van der Waals surface area contributed by atoms with E-state index in [9.17, 15) is 18.7 Å². The first-order valence-electron chi connectivity index (χ1n) is 11.6. The monoisotopic (exact) mass is 490 g/mol. The Bertz CT molecular complexity index is 1380. The van der Waals surface area contributed by atoms with E-state index in [1.165, 1.54) is 23.6 Å². The van der Waals surface area contributed by atoms with E-state index in [4.69, 9.17) is 0 Å². The van der Waals surface area contributed by atoms with Crippen molar-refractivity contribution in [2.24, 2.45) is 11.8 Å². The van der Waals surface area contributed by atoms with Crippen molar-refractivity contribution in [2.45, 2.75) is 64.1 Å². The van der Waals surface area contributed by atoms with Crippen LogP contribution < -0.4 is 10.9 Å². The average molecular weight is 491 g/mol. The van der Waals surface area contributed by atoms with Gasteiger partial charge in [0.05, 0.1) is 10.9 Å². The number of pyridine rings is 1. The third-order valence-corrected chi connectivity index (χ3v) is 7.34. The number of hydrogen-bond acceptors (Lipinski definition) is 5. The molecule has 1 atom stereocenters. The largest absolute Gasteiger partial charge is 0.384 e. The van der Waals surface area contributed by atoms with Crippen LogP contribution in [0.25, 0.3) is 10.9 Å². The SMILES string of the molecule is Cc1nc(NCc2cccc(C(F)(F)C(C)(C)O)c2F)c2cn([C@H]3CC4CC3C4)c(=O)c(F)c2n1. The summed E-state index contributed by atoms with van der Waals surface area (Å²) >= 11 is 0. The Labute approximate surface area is 199 Å². The summed E-state index contributed by atoms with van der Waals surface area (Å²) in [6.45, 7) is 3.12. The number of aryl methyl sites for hydroxylation is 1. The Balaban J connectivity index is 1.52. The zero-order chi connectivity index (χ0) is 25.3. The molecule has 3 aromatic rings. The standard InChI is InChI=1S/C25H26F4N4O2/c1-12-31-21-16(11-33(23(34)20(21)27)18-9-13-7-15(18)8-13)22(32-12)30-10-14-5-4-6-17(19(14)26)25(28,29)24(2,3)35/h4-6,11,13,15,18,35H,7-10H2,1-3H3,(H,30,31,32)/t13?,15?,18-/m0/s1. The van der Waals surface area contributed by atoms with E-state index in [2.05, 4.69) is 15.3 Å². The number of fused-ring (bicyclic) bond motifs is 2. The summed E-state index contributed by atoms with van der Waals surface area (Å²) in [5.74, 6) is -4.70. The first-order chi connectivity index (χ1) is 16.4. The molecule has 0 spiro atoms. The maximum absolute atomic E-state index is 15.1. The van der Waals surface area contributed by atoms with Crippen LogP contribution in [0.5, 0.6) is 0 Å². The molecule has 3 aliphatic rings. The predicted octanol–water partition coefficient (Wildman–Crippen LogP) is 4.82. The number of nitrogens with one attached hydrogen (secondary N) is 1. The van der Waals surface area contributed by atoms with Gasteiger partial charge in [-0.3, -0.25) is 4.79 Å². The molecule has 2 bridgehead atoms. The van der Waals surface area contributed by atoms with Crippen LogP contribution in [0, 0.1) is 30.4 Å². The lowest BCUT2D eigenvalue weighted by atomic mass is 9.84. The van der Waals surface area contributed by atoms with Gasteiger partial charge in [0.1, 0.15) is 28.6 Å². The van der Waals surface area contributed by atoms with Gasteiger partial charge in [-0.1, -0.05) is 12.1 Å². The van der Waals surface area contributed by atoms with E-state index < -0.39 is 34.3 Å². The highest BCUT2D eigenvalue weighted by molar-refractivity contribution is 5.88. The summed E-state index contributed by atoms with van der Waals surface area (Å²) in [6.07, 6.45) is 4.41. The van der Waals surface area contributed by atoms with E-state index in [-0.39, 0.29) is 40.7 Å². The summed E-state index contributed by atoms with van der Waals surface area (Å²) in [5.41, 5.74) is -4.35. The molecule has 2 heterocycles. The number of hydrogen-bond donors (Lipinski definition) is 2. The van der Waals surface area contributed by atoms with Crippen molar-refractivity contribution < 1.29 is 22.7 Å². The number of halogens is 4. The van der Waals surface area contributed by atoms with Crippen LogP contribution in [0.3, 0.4) is 0 Å². The number of aromatic nitrogens is 3. The molecule has 0 radical (unpaired) electrons. The fraction of sp³-hybridized carbons (Fsp3) is 0.480. The summed E-state index contributed by atoms with van der Waals surface area (Å²) in [7, 11) is 0.